The van der Waals surface area contributed by atoms with Crippen LogP contribution in [0.5, 0.6) is 5.75 Å². The van der Waals surface area contributed by atoms with Crippen molar-refractivity contribution in [2.24, 2.45) is 0 Å². The van der Waals surface area contributed by atoms with Crippen molar-refractivity contribution in [1.29, 1.82) is 0 Å². The summed E-state index contributed by atoms with van der Waals surface area (Å²) in [5.41, 5.74) is 3.21. The van der Waals surface area contributed by atoms with E-state index in [9.17, 15) is 4.79 Å². The molecule has 1 aromatic heterocycles. The zero-order valence-corrected chi connectivity index (χ0v) is 19.7. The Morgan fingerprint density at radius 3 is 2.78 bits per heavy atom. The fourth-order valence-electron chi connectivity index (χ4n) is 3.68. The number of halogens is 1. The second-order valence-corrected chi connectivity index (χ2v) is 8.28. The van der Waals surface area contributed by atoms with Gasteiger partial charge >= 0.3 is 0 Å². The largest absolute Gasteiger partial charge is 0.494 e. The average molecular weight is 458 g/mol. The van der Waals surface area contributed by atoms with Crippen molar-refractivity contribution in [2.45, 2.75) is 45.6 Å². The molecule has 172 valence electrons. The lowest BCUT2D eigenvalue weighted by Crippen LogP contribution is -2.27. The van der Waals surface area contributed by atoms with Gasteiger partial charge in [-0.25, -0.2) is 4.98 Å². The lowest BCUT2D eigenvalue weighted by Gasteiger charge is -2.11. The third-order valence-electron chi connectivity index (χ3n) is 5.33. The maximum absolute atomic E-state index is 11.4. The molecule has 2 aromatic carbocycles. The number of methoxy groups -OCH3 is 1. The maximum atomic E-state index is 11.4. The SMILES string of the molecule is COCC(=O)NCCCCCc1nc2ccccc2n1CCCOc1ccc(Cl)c(C)c1. The number of imidazole rings is 1. The summed E-state index contributed by atoms with van der Waals surface area (Å²) in [4.78, 5) is 16.3. The van der Waals surface area contributed by atoms with Gasteiger partial charge in [0, 0.05) is 31.6 Å². The highest BCUT2D eigenvalue weighted by atomic mass is 35.5. The summed E-state index contributed by atoms with van der Waals surface area (Å²) in [6.45, 7) is 4.27. The van der Waals surface area contributed by atoms with E-state index in [0.29, 0.717) is 13.2 Å². The number of carbonyl (C=O) groups excluding carboxylic acids is 1. The van der Waals surface area contributed by atoms with E-state index in [1.807, 2.05) is 31.2 Å². The molecule has 1 amide bonds. The van der Waals surface area contributed by atoms with Crippen LogP contribution in [0.1, 0.15) is 37.1 Å². The van der Waals surface area contributed by atoms with Crippen molar-refractivity contribution in [3.8, 4) is 5.75 Å². The number of ether oxygens (including phenoxy) is 2. The minimum atomic E-state index is -0.0646. The monoisotopic (exact) mass is 457 g/mol. The minimum Gasteiger partial charge on any atom is -0.494 e. The number of nitrogens with one attached hydrogen (secondary N) is 1. The van der Waals surface area contributed by atoms with Gasteiger partial charge in [-0.15, -0.1) is 0 Å². The van der Waals surface area contributed by atoms with E-state index in [0.717, 1.165) is 71.8 Å². The van der Waals surface area contributed by atoms with E-state index in [2.05, 4.69) is 28.1 Å². The van der Waals surface area contributed by atoms with Crippen LogP contribution in [0, 0.1) is 6.92 Å². The third kappa shape index (κ3) is 6.97. The maximum Gasteiger partial charge on any atom is 0.245 e. The Balaban J connectivity index is 1.50. The molecule has 0 bridgehead atoms. The Hall–Kier alpha value is -2.57. The van der Waals surface area contributed by atoms with Gasteiger partial charge in [0.2, 0.25) is 5.91 Å². The molecule has 3 aromatic rings. The van der Waals surface area contributed by atoms with E-state index < -0.39 is 0 Å². The van der Waals surface area contributed by atoms with Crippen LogP contribution in [0.2, 0.25) is 5.02 Å². The first-order valence-electron chi connectivity index (χ1n) is 11.2. The van der Waals surface area contributed by atoms with Crippen LogP contribution in [0.25, 0.3) is 11.0 Å². The van der Waals surface area contributed by atoms with Crippen LogP contribution in [-0.4, -0.2) is 42.3 Å². The van der Waals surface area contributed by atoms with Crippen molar-refractivity contribution >= 4 is 28.5 Å². The Kier molecular flexibility index (Phi) is 9.38. The Bertz CT molecular complexity index is 1020. The predicted molar refractivity (Wildman–Crippen MR) is 128 cm³/mol. The number of rotatable bonds is 13. The number of benzene rings is 2. The van der Waals surface area contributed by atoms with Crippen molar-refractivity contribution < 1.29 is 14.3 Å². The number of para-hydroxylation sites is 2. The van der Waals surface area contributed by atoms with Crippen molar-refractivity contribution in [2.75, 3.05) is 26.9 Å². The quantitative estimate of drug-likeness (QED) is 0.369. The van der Waals surface area contributed by atoms with E-state index in [1.165, 1.54) is 7.11 Å². The molecule has 1 heterocycles. The summed E-state index contributed by atoms with van der Waals surface area (Å²) >= 11 is 6.09. The molecule has 0 aliphatic carbocycles. The van der Waals surface area contributed by atoms with E-state index in [-0.39, 0.29) is 12.5 Å². The topological polar surface area (TPSA) is 65.4 Å². The molecule has 0 unspecified atom stereocenters. The van der Waals surface area contributed by atoms with E-state index in [1.54, 1.807) is 0 Å². The minimum absolute atomic E-state index is 0.0646. The second-order valence-electron chi connectivity index (χ2n) is 7.88. The molecule has 0 radical (unpaired) electrons. The molecule has 6 nitrogen and oxygen atoms in total. The van der Waals surface area contributed by atoms with Crippen LogP contribution in [0.4, 0.5) is 0 Å². The lowest BCUT2D eigenvalue weighted by atomic mass is 10.2. The van der Waals surface area contributed by atoms with Gasteiger partial charge in [0.15, 0.2) is 0 Å². The van der Waals surface area contributed by atoms with Crippen LogP contribution in [-0.2, 0) is 22.5 Å². The molecular formula is C25H32ClN3O3. The van der Waals surface area contributed by atoms with Crippen LogP contribution in [0.3, 0.4) is 0 Å². The van der Waals surface area contributed by atoms with E-state index in [4.69, 9.17) is 26.1 Å². The number of hydrogen-bond acceptors (Lipinski definition) is 4. The fraction of sp³-hybridized carbons (Fsp3) is 0.440. The zero-order valence-electron chi connectivity index (χ0n) is 18.9. The van der Waals surface area contributed by atoms with Gasteiger partial charge in [-0.1, -0.05) is 30.2 Å². The number of carbonyl (C=O) groups is 1. The number of amides is 1. The predicted octanol–water partition coefficient (Wildman–Crippen LogP) is 4.94. The smallest absolute Gasteiger partial charge is 0.245 e. The first kappa shape index (κ1) is 24.1. The summed E-state index contributed by atoms with van der Waals surface area (Å²) in [5, 5.41) is 3.62. The Morgan fingerprint density at radius 1 is 1.12 bits per heavy atom. The van der Waals surface area contributed by atoms with Gasteiger partial charge < -0.3 is 19.4 Å². The summed E-state index contributed by atoms with van der Waals surface area (Å²) in [7, 11) is 1.52. The molecule has 0 aliphatic rings. The molecule has 32 heavy (non-hydrogen) atoms. The van der Waals surface area contributed by atoms with Crippen LogP contribution >= 0.6 is 11.6 Å². The number of nitrogens with zero attached hydrogens (tertiary/aromatic N) is 2. The standard InChI is InChI=1S/C25H32ClN3O3/c1-19-17-20(12-13-21(19)26)32-16-8-15-29-23-10-6-5-9-22(23)28-24(29)11-4-3-7-14-27-25(30)18-31-2/h5-6,9-10,12-13,17H,3-4,7-8,11,14-16,18H2,1-2H3,(H,27,30). The zero-order chi connectivity index (χ0) is 22.8. The van der Waals surface area contributed by atoms with Gasteiger partial charge in [0.1, 0.15) is 18.2 Å². The van der Waals surface area contributed by atoms with E-state index >= 15 is 0 Å². The molecule has 0 saturated carbocycles. The molecule has 0 spiro atoms. The Morgan fingerprint density at radius 2 is 1.97 bits per heavy atom. The molecule has 0 aliphatic heterocycles. The summed E-state index contributed by atoms with van der Waals surface area (Å²) in [5.74, 6) is 1.89. The van der Waals surface area contributed by atoms with Gasteiger partial charge in [-0.3, -0.25) is 4.79 Å². The van der Waals surface area contributed by atoms with Gasteiger partial charge in [-0.05, 0) is 62.1 Å². The molecule has 0 fully saturated rings. The van der Waals surface area contributed by atoms with Crippen LogP contribution < -0.4 is 10.1 Å². The Labute approximate surface area is 194 Å². The highest BCUT2D eigenvalue weighted by Crippen LogP contribution is 2.22. The van der Waals surface area contributed by atoms with Gasteiger partial charge in [-0.2, -0.15) is 0 Å². The average Bonchev–Trinajstić information content (AvgIpc) is 3.13. The number of hydrogen-bond donors (Lipinski definition) is 1. The number of unbranched alkanes of at least 4 members (excludes halogenated alkanes) is 2. The number of fused-ring (bicyclic) bond motifs is 1. The fourth-order valence-corrected chi connectivity index (χ4v) is 3.80. The molecular weight excluding hydrogens is 426 g/mol. The number of aryl methyl sites for hydroxylation is 3. The van der Waals surface area contributed by atoms with Gasteiger partial charge in [0.05, 0.1) is 17.6 Å². The molecule has 0 atom stereocenters. The summed E-state index contributed by atoms with van der Waals surface area (Å²) in [6, 6.07) is 14.0. The van der Waals surface area contributed by atoms with Crippen molar-refractivity contribution in [3.63, 3.8) is 0 Å². The summed E-state index contributed by atoms with van der Waals surface area (Å²) in [6.07, 6.45) is 4.82. The second kappa shape index (κ2) is 12.5. The number of aromatic nitrogens is 2. The first-order valence-corrected chi connectivity index (χ1v) is 11.5. The first-order chi connectivity index (χ1) is 15.6. The van der Waals surface area contributed by atoms with Crippen molar-refractivity contribution in [3.05, 3.63) is 58.9 Å². The molecule has 1 N–H and O–H groups in total. The highest BCUT2D eigenvalue weighted by Gasteiger charge is 2.10. The van der Waals surface area contributed by atoms with Crippen molar-refractivity contribution in [1.82, 2.24) is 14.9 Å². The molecule has 7 heteroatoms. The summed E-state index contributed by atoms with van der Waals surface area (Å²) < 4.78 is 13.0. The molecule has 3 rings (SSSR count). The van der Waals surface area contributed by atoms with Crippen LogP contribution in [0.15, 0.2) is 42.5 Å². The lowest BCUT2D eigenvalue weighted by molar-refractivity contribution is -0.124. The highest BCUT2D eigenvalue weighted by molar-refractivity contribution is 6.31. The third-order valence-corrected chi connectivity index (χ3v) is 5.76. The molecule has 0 saturated heterocycles. The van der Waals surface area contributed by atoms with Gasteiger partial charge in [0.25, 0.3) is 0 Å². The normalized spacial score (nSPS) is 11.1.